The number of hydrogen-bond acceptors (Lipinski definition) is 9. The Morgan fingerprint density at radius 1 is 0.967 bits per heavy atom. The lowest BCUT2D eigenvalue weighted by molar-refractivity contribution is -0.143. The van der Waals surface area contributed by atoms with Crippen LogP contribution in [0.15, 0.2) is 0 Å². The molecule has 1 atom stereocenters. The van der Waals surface area contributed by atoms with E-state index >= 15 is 0 Å². The summed E-state index contributed by atoms with van der Waals surface area (Å²) in [6.45, 7) is 1.47. The maximum absolute atomic E-state index is 12.6. The first-order chi connectivity index (χ1) is 14.1. The molecule has 0 radical (unpaired) electrons. The van der Waals surface area contributed by atoms with E-state index in [-0.39, 0.29) is 30.0 Å². The molecule has 0 aromatic rings. The van der Waals surface area contributed by atoms with Gasteiger partial charge in [0, 0.05) is 19.6 Å². The normalized spacial score (nSPS) is 10.9. The minimum atomic E-state index is -1.11. The van der Waals surface area contributed by atoms with Gasteiger partial charge in [-0.1, -0.05) is 0 Å². The number of thiol groups is 1. The number of methoxy groups -OCH3 is 1. The summed E-state index contributed by atoms with van der Waals surface area (Å²) in [7, 11) is 1.16. The van der Waals surface area contributed by atoms with E-state index in [2.05, 4.69) is 38.6 Å². The van der Waals surface area contributed by atoms with Gasteiger partial charge in [-0.15, -0.1) is 11.8 Å². The fourth-order valence-corrected chi connectivity index (χ4v) is 2.92. The fraction of sp³-hybridized carbons (Fsp3) is 0.625. The molecule has 0 spiro atoms. The zero-order valence-electron chi connectivity index (χ0n) is 17.0. The number of rotatable bonds is 13. The van der Waals surface area contributed by atoms with E-state index in [0.717, 1.165) is 23.8 Å². The highest BCUT2D eigenvalue weighted by molar-refractivity contribution is 7.99. The molecule has 0 aliphatic heterocycles. The van der Waals surface area contributed by atoms with E-state index in [1.54, 1.807) is 0 Å². The van der Waals surface area contributed by atoms with Crippen molar-refractivity contribution in [2.75, 3.05) is 44.3 Å². The average molecular weight is 466 g/mol. The van der Waals surface area contributed by atoms with Crippen LogP contribution < -0.4 is 21.3 Å². The Morgan fingerprint density at radius 3 is 2.13 bits per heavy atom. The van der Waals surface area contributed by atoms with Crippen molar-refractivity contribution < 1.29 is 33.5 Å². The molecule has 1 unspecified atom stereocenters. The van der Waals surface area contributed by atoms with E-state index in [1.807, 2.05) is 0 Å². The fourth-order valence-electron chi connectivity index (χ4n) is 1.86. The summed E-state index contributed by atoms with van der Waals surface area (Å²) in [5.74, 6) is -2.95. The number of nitrogens with zero attached hydrogens (tertiary/aromatic N) is 1. The lowest BCUT2D eigenvalue weighted by Crippen LogP contribution is -2.56. The molecule has 0 saturated carbocycles. The first-order valence-corrected chi connectivity index (χ1v) is 10.5. The minimum absolute atomic E-state index is 0.00880. The molecule has 0 heterocycles. The van der Waals surface area contributed by atoms with E-state index in [1.165, 1.54) is 13.8 Å². The largest absolute Gasteiger partial charge is 0.468 e. The molecule has 0 rings (SSSR count). The standard InChI is InChI=1S/C16H27N5O7S2/c1-10(22)19-8-21(12(6-29)16(27)18-5-15(26)28-3)14(25)4-17-13(24)7-30-9-20-11(2)23/h12,29H,4-9H2,1-3H3,(H,17,24)(H,18,27)(H,19,22)(H,20,23). The summed E-state index contributed by atoms with van der Waals surface area (Å²) in [4.78, 5) is 71.0. The molecule has 0 aromatic heterocycles. The smallest absolute Gasteiger partial charge is 0.325 e. The monoisotopic (exact) mass is 465 g/mol. The van der Waals surface area contributed by atoms with Gasteiger partial charge in [-0.3, -0.25) is 28.8 Å². The molecule has 0 fully saturated rings. The number of thioether (sulfide) groups is 1. The summed E-state index contributed by atoms with van der Waals surface area (Å²) < 4.78 is 4.44. The molecule has 0 aromatic carbocycles. The highest BCUT2D eigenvalue weighted by Gasteiger charge is 2.29. The third-order valence-electron chi connectivity index (χ3n) is 3.40. The predicted molar refractivity (Wildman–Crippen MR) is 112 cm³/mol. The average Bonchev–Trinajstić information content (AvgIpc) is 2.69. The van der Waals surface area contributed by atoms with Crippen molar-refractivity contribution in [2.24, 2.45) is 0 Å². The molecule has 0 saturated heterocycles. The number of esters is 1. The van der Waals surface area contributed by atoms with E-state index in [9.17, 15) is 28.8 Å². The van der Waals surface area contributed by atoms with Crippen LogP contribution in [0, 0.1) is 0 Å². The highest BCUT2D eigenvalue weighted by atomic mass is 32.2. The zero-order chi connectivity index (χ0) is 23.1. The maximum Gasteiger partial charge on any atom is 0.325 e. The Balaban J connectivity index is 4.89. The topological polar surface area (TPSA) is 163 Å². The molecule has 12 nitrogen and oxygen atoms in total. The van der Waals surface area contributed by atoms with Crippen LogP contribution in [0.25, 0.3) is 0 Å². The van der Waals surface area contributed by atoms with Gasteiger partial charge in [-0.05, 0) is 0 Å². The molecule has 0 aliphatic carbocycles. The van der Waals surface area contributed by atoms with Gasteiger partial charge in [-0.25, -0.2) is 0 Å². The van der Waals surface area contributed by atoms with Crippen molar-refractivity contribution in [1.29, 1.82) is 0 Å². The Hall–Kier alpha value is -2.48. The van der Waals surface area contributed by atoms with Crippen LogP contribution in [-0.4, -0.2) is 90.7 Å². The Kier molecular flexibility index (Phi) is 14.1. The van der Waals surface area contributed by atoms with Gasteiger partial charge in [0.15, 0.2) is 0 Å². The summed E-state index contributed by atoms with van der Waals surface area (Å²) in [5, 5.41) is 9.66. The van der Waals surface area contributed by atoms with Crippen molar-refractivity contribution in [3.63, 3.8) is 0 Å². The van der Waals surface area contributed by atoms with Gasteiger partial charge in [-0.2, -0.15) is 12.6 Å². The SMILES string of the molecule is COC(=O)CNC(=O)C(CS)N(CNC(C)=O)C(=O)CNC(=O)CSCNC(C)=O. The third kappa shape index (κ3) is 12.2. The van der Waals surface area contributed by atoms with Crippen LogP contribution in [0.5, 0.6) is 0 Å². The molecular weight excluding hydrogens is 438 g/mol. The Labute approximate surface area is 184 Å². The number of carbonyl (C=O) groups excluding carboxylic acids is 6. The molecule has 14 heteroatoms. The third-order valence-corrected chi connectivity index (χ3v) is 4.56. The van der Waals surface area contributed by atoms with Crippen LogP contribution in [-0.2, 0) is 33.5 Å². The number of carbonyl (C=O) groups is 6. The number of amides is 5. The van der Waals surface area contributed by atoms with Gasteiger partial charge >= 0.3 is 5.97 Å². The van der Waals surface area contributed by atoms with Crippen molar-refractivity contribution in [3.05, 3.63) is 0 Å². The van der Waals surface area contributed by atoms with Crippen molar-refractivity contribution in [3.8, 4) is 0 Å². The van der Waals surface area contributed by atoms with Gasteiger partial charge < -0.3 is 30.9 Å². The van der Waals surface area contributed by atoms with Gasteiger partial charge in [0.05, 0.1) is 32.0 Å². The lowest BCUT2D eigenvalue weighted by atomic mass is 10.2. The lowest BCUT2D eigenvalue weighted by Gasteiger charge is -2.30. The molecular formula is C16H27N5O7S2. The van der Waals surface area contributed by atoms with E-state index in [0.29, 0.717) is 0 Å². The van der Waals surface area contributed by atoms with Gasteiger partial charge in [0.2, 0.25) is 29.5 Å². The zero-order valence-corrected chi connectivity index (χ0v) is 18.7. The Bertz CT molecular complexity index is 647. The van der Waals surface area contributed by atoms with E-state index < -0.39 is 48.7 Å². The van der Waals surface area contributed by atoms with Gasteiger partial charge in [0.1, 0.15) is 12.6 Å². The first kappa shape index (κ1) is 27.5. The molecule has 0 bridgehead atoms. The molecule has 4 N–H and O–H groups in total. The molecule has 0 aliphatic rings. The summed E-state index contributed by atoms with van der Waals surface area (Å²) in [6.07, 6.45) is 0. The van der Waals surface area contributed by atoms with Crippen LogP contribution in [0.1, 0.15) is 13.8 Å². The second-order valence-corrected chi connectivity index (χ2v) is 7.10. The molecule has 30 heavy (non-hydrogen) atoms. The summed E-state index contributed by atoms with van der Waals surface area (Å²) in [6, 6.07) is -1.11. The van der Waals surface area contributed by atoms with E-state index in [4.69, 9.17) is 0 Å². The second-order valence-electron chi connectivity index (χ2n) is 5.75. The van der Waals surface area contributed by atoms with Crippen LogP contribution >= 0.6 is 24.4 Å². The Morgan fingerprint density at radius 2 is 1.60 bits per heavy atom. The maximum atomic E-state index is 12.6. The minimum Gasteiger partial charge on any atom is -0.468 e. The number of ether oxygens (including phenoxy) is 1. The number of nitrogens with one attached hydrogen (secondary N) is 4. The van der Waals surface area contributed by atoms with Crippen LogP contribution in [0.3, 0.4) is 0 Å². The van der Waals surface area contributed by atoms with Gasteiger partial charge in [0.25, 0.3) is 0 Å². The molecule has 5 amide bonds. The summed E-state index contributed by atoms with van der Waals surface area (Å²) in [5.41, 5.74) is 0. The van der Waals surface area contributed by atoms with Crippen molar-refractivity contribution in [1.82, 2.24) is 26.2 Å². The predicted octanol–water partition coefficient (Wildman–Crippen LogP) is -2.56. The second kappa shape index (κ2) is 15.4. The van der Waals surface area contributed by atoms with Crippen LogP contribution in [0.2, 0.25) is 0 Å². The quantitative estimate of drug-likeness (QED) is 0.0858. The van der Waals surface area contributed by atoms with Crippen LogP contribution in [0.4, 0.5) is 0 Å². The summed E-state index contributed by atoms with van der Waals surface area (Å²) >= 11 is 5.22. The van der Waals surface area contributed by atoms with Crippen molar-refractivity contribution in [2.45, 2.75) is 19.9 Å². The highest BCUT2D eigenvalue weighted by Crippen LogP contribution is 2.03. The number of hydrogen-bond donors (Lipinski definition) is 5. The first-order valence-electron chi connectivity index (χ1n) is 8.70. The van der Waals surface area contributed by atoms with Crippen molar-refractivity contribution >= 4 is 59.9 Å². The molecule has 170 valence electrons.